The second kappa shape index (κ2) is 54.1. The molecule has 0 N–H and O–H groups in total. The Labute approximate surface area is 610 Å². The van der Waals surface area contributed by atoms with Crippen molar-refractivity contribution in [2.45, 2.75) is 196 Å². The van der Waals surface area contributed by atoms with Gasteiger partial charge < -0.3 is 48.2 Å². The van der Waals surface area contributed by atoms with Gasteiger partial charge in [-0.3, -0.25) is 9.69 Å². The highest BCUT2D eigenvalue weighted by Gasteiger charge is 2.22. The summed E-state index contributed by atoms with van der Waals surface area (Å²) in [7, 11) is 0. The third-order valence-electron chi connectivity index (χ3n) is 20.4. The highest BCUT2D eigenvalue weighted by Crippen LogP contribution is 2.24. The first-order chi connectivity index (χ1) is 49.1. The molecule has 100 heavy (non-hydrogen) atoms. The summed E-state index contributed by atoms with van der Waals surface area (Å²) in [6.07, 6.45) is 31.1. The van der Waals surface area contributed by atoms with Gasteiger partial charge in [-0.15, -0.1) is 0 Å². The first-order valence-electron chi connectivity index (χ1n) is 40.3. The van der Waals surface area contributed by atoms with Crippen LogP contribution in [0, 0.1) is 29.6 Å². The van der Waals surface area contributed by atoms with Crippen LogP contribution in [0.25, 0.3) is 0 Å². The quantitative estimate of drug-likeness (QED) is 0.0357. The Balaban J connectivity index is 0.000000197. The fourth-order valence-corrected chi connectivity index (χ4v) is 14.5. The summed E-state index contributed by atoms with van der Waals surface area (Å²) in [5, 5.41) is 0. The van der Waals surface area contributed by atoms with E-state index in [4.69, 9.17) is 23.7 Å². The maximum Gasteiger partial charge on any atom is 0.219 e. The molecule has 5 saturated heterocycles. The van der Waals surface area contributed by atoms with E-state index >= 15 is 0 Å². The summed E-state index contributed by atoms with van der Waals surface area (Å²) in [6, 6.07) is 50.4. The molecule has 5 heterocycles. The molecule has 5 aromatic rings. The number of amides is 1. The number of ether oxygens (including phenoxy) is 5. The first kappa shape index (κ1) is 83.3. The van der Waals surface area contributed by atoms with Gasteiger partial charge in [-0.2, -0.15) is 0 Å². The van der Waals surface area contributed by atoms with Gasteiger partial charge in [0.05, 0.1) is 33.0 Å². The van der Waals surface area contributed by atoms with Crippen LogP contribution < -0.4 is 23.7 Å². The second-order valence-electron chi connectivity index (χ2n) is 29.8. The Morgan fingerprint density at radius 2 is 0.640 bits per heavy atom. The Bertz CT molecular complexity index is 2650. The maximum atomic E-state index is 11.2. The second-order valence-corrected chi connectivity index (χ2v) is 29.8. The summed E-state index contributed by atoms with van der Waals surface area (Å²) in [5.41, 5.74) is 0. The van der Waals surface area contributed by atoms with Crippen LogP contribution in [0.15, 0.2) is 152 Å². The fraction of sp³-hybridized carbons (Fsp3) is 0.648. The molecule has 558 valence electrons. The molecule has 5 aliphatic rings. The number of piperazine rings is 1. The molecule has 12 nitrogen and oxygen atoms in total. The minimum absolute atomic E-state index is 0.202. The van der Waals surface area contributed by atoms with Gasteiger partial charge in [0.1, 0.15) is 28.7 Å². The van der Waals surface area contributed by atoms with Crippen molar-refractivity contribution in [2.24, 2.45) is 29.6 Å². The van der Waals surface area contributed by atoms with Crippen molar-refractivity contribution in [2.75, 3.05) is 144 Å². The number of likely N-dealkylation sites (tertiary alicyclic amines) is 4. The summed E-state index contributed by atoms with van der Waals surface area (Å²) in [6.45, 7) is 38.2. The first-order valence-corrected chi connectivity index (χ1v) is 40.3. The molecule has 0 saturated carbocycles. The lowest BCUT2D eigenvalue weighted by molar-refractivity contribution is -0.130. The SMILES string of the molecule is CC(=O)N1CCN(CCCCCOc2ccccc2)CC1.CC1CCCN(CCCCCOc2ccccc2)C1.CC1CCN(CCCCCOc2ccccc2)CC1.CCCC1CCN(CCCCCOc2ccccc2)CC1.C[C@H]1C[C@H](C)CN(CCCCCOc2ccccc2)C1. The van der Waals surface area contributed by atoms with Crippen molar-refractivity contribution < 1.29 is 28.5 Å². The van der Waals surface area contributed by atoms with Crippen molar-refractivity contribution in [1.82, 2.24) is 29.4 Å². The molecular formula is C88H140N6O6. The summed E-state index contributed by atoms with van der Waals surface area (Å²) >= 11 is 0. The van der Waals surface area contributed by atoms with Crippen molar-refractivity contribution in [3.05, 3.63) is 152 Å². The van der Waals surface area contributed by atoms with Crippen LogP contribution in [0.1, 0.15) is 196 Å². The zero-order valence-corrected chi connectivity index (χ0v) is 64.0. The van der Waals surface area contributed by atoms with Crippen LogP contribution in [0.4, 0.5) is 0 Å². The lowest BCUT2D eigenvalue weighted by Gasteiger charge is -2.34. The van der Waals surface area contributed by atoms with E-state index in [-0.39, 0.29) is 5.91 Å². The fourth-order valence-electron chi connectivity index (χ4n) is 14.5. The van der Waals surface area contributed by atoms with E-state index < -0.39 is 0 Å². The van der Waals surface area contributed by atoms with Crippen molar-refractivity contribution >= 4 is 5.91 Å². The third kappa shape index (κ3) is 40.3. The number of carbonyl (C=O) groups is 1. The maximum absolute atomic E-state index is 11.2. The summed E-state index contributed by atoms with van der Waals surface area (Å²) in [4.78, 5) is 26.2. The number of hydrogen-bond acceptors (Lipinski definition) is 11. The lowest BCUT2D eigenvalue weighted by atomic mass is 9.92. The topological polar surface area (TPSA) is 82.7 Å². The molecule has 1 amide bonds. The van der Waals surface area contributed by atoms with E-state index in [1.807, 2.05) is 157 Å². The van der Waals surface area contributed by atoms with Crippen molar-refractivity contribution in [3.8, 4) is 28.7 Å². The van der Waals surface area contributed by atoms with Crippen LogP contribution >= 0.6 is 0 Å². The Kier molecular flexibility index (Phi) is 45.1. The molecule has 12 heteroatoms. The van der Waals surface area contributed by atoms with E-state index in [1.165, 1.54) is 213 Å². The van der Waals surface area contributed by atoms with Gasteiger partial charge in [0.15, 0.2) is 0 Å². The van der Waals surface area contributed by atoms with Crippen LogP contribution in [-0.4, -0.2) is 180 Å². The van der Waals surface area contributed by atoms with Gasteiger partial charge in [-0.1, -0.05) is 138 Å². The minimum Gasteiger partial charge on any atom is -0.494 e. The molecule has 1 unspecified atom stereocenters. The van der Waals surface area contributed by atoms with Gasteiger partial charge in [0, 0.05) is 52.7 Å². The van der Waals surface area contributed by atoms with Crippen molar-refractivity contribution in [1.29, 1.82) is 0 Å². The number of unbranched alkanes of at least 4 members (excludes halogenated alkanes) is 10. The zero-order chi connectivity index (χ0) is 70.6. The lowest BCUT2D eigenvalue weighted by Crippen LogP contribution is -2.48. The molecule has 5 aliphatic heterocycles. The van der Waals surface area contributed by atoms with Crippen LogP contribution in [0.3, 0.4) is 0 Å². The molecule has 0 bridgehead atoms. The van der Waals surface area contributed by atoms with E-state index in [2.05, 4.69) is 59.1 Å². The van der Waals surface area contributed by atoms with Gasteiger partial charge >= 0.3 is 0 Å². The third-order valence-corrected chi connectivity index (χ3v) is 20.4. The van der Waals surface area contributed by atoms with Gasteiger partial charge in [-0.05, 0) is 297 Å². The standard InChI is InChI=1S/C19H31NO.C18H29NO.C17H26N2O2.2C17H27NO/c1-2-9-18-12-15-20(16-13-18)14-7-4-8-17-21-19-10-5-3-6-11-19;1-16-13-17(2)15-19(14-16)11-7-4-8-12-20-18-9-5-3-6-10-18;1-16(20)19-13-11-18(12-14-19)10-6-3-7-15-21-17-8-4-2-5-9-17;1-16-9-8-13-18(15-16)12-6-3-7-14-19-17-10-4-2-5-11-17;1-16-10-13-18(14-11-16)12-6-3-7-15-19-17-8-4-2-5-9-17/h3,5-6,10-11,18H,2,4,7-9,12-17H2,1H3;3,5-6,9-10,16-17H,4,7-8,11-15H2,1-2H3;2,4-5,8-9H,3,6-7,10-15H2,1H3;2,4-5,10-11,16H,3,6-9,12-15H2,1H3;2,4-5,8-9,16H,3,6-7,10-15H2,1H3/t;16-,17-;;;/m.0.../s1. The van der Waals surface area contributed by atoms with Crippen molar-refractivity contribution in [3.63, 3.8) is 0 Å². The predicted octanol–water partition coefficient (Wildman–Crippen LogP) is 19.3. The average molecular weight is 1380 g/mol. The zero-order valence-electron chi connectivity index (χ0n) is 64.0. The van der Waals surface area contributed by atoms with Crippen LogP contribution in [0.2, 0.25) is 0 Å². The van der Waals surface area contributed by atoms with Crippen LogP contribution in [0.5, 0.6) is 28.7 Å². The van der Waals surface area contributed by atoms with Gasteiger partial charge in [0.2, 0.25) is 5.91 Å². The Hall–Kier alpha value is -5.63. The molecule has 0 aliphatic carbocycles. The van der Waals surface area contributed by atoms with E-state index in [1.54, 1.807) is 6.92 Å². The minimum atomic E-state index is 0.202. The number of carbonyl (C=O) groups excluding carboxylic acids is 1. The molecule has 0 spiro atoms. The Morgan fingerprint density at radius 1 is 0.330 bits per heavy atom. The molecule has 0 radical (unpaired) electrons. The summed E-state index contributed by atoms with van der Waals surface area (Å²) in [5.74, 6) is 9.73. The largest absolute Gasteiger partial charge is 0.494 e. The van der Waals surface area contributed by atoms with E-state index in [9.17, 15) is 4.79 Å². The van der Waals surface area contributed by atoms with Gasteiger partial charge in [0.25, 0.3) is 0 Å². The number of nitrogens with zero attached hydrogens (tertiary/aromatic N) is 6. The normalized spacial score (nSPS) is 18.9. The number of piperidine rings is 4. The predicted molar refractivity (Wildman–Crippen MR) is 421 cm³/mol. The van der Waals surface area contributed by atoms with E-state index in [0.29, 0.717) is 0 Å². The average Bonchev–Trinajstić information content (AvgIpc) is 1.24. The van der Waals surface area contributed by atoms with Gasteiger partial charge in [-0.25, -0.2) is 0 Å². The number of para-hydroxylation sites is 5. The highest BCUT2D eigenvalue weighted by molar-refractivity contribution is 5.73. The summed E-state index contributed by atoms with van der Waals surface area (Å²) < 4.78 is 28.5. The molecule has 3 atom stereocenters. The number of rotatable bonds is 37. The Morgan fingerprint density at radius 3 is 0.970 bits per heavy atom. The monoisotopic (exact) mass is 1380 g/mol. The molecule has 10 rings (SSSR count). The molecule has 0 aromatic heterocycles. The molecular weight excluding hydrogens is 1240 g/mol. The smallest absolute Gasteiger partial charge is 0.219 e. The number of hydrogen-bond donors (Lipinski definition) is 0. The van der Waals surface area contributed by atoms with Crippen LogP contribution in [-0.2, 0) is 4.79 Å². The van der Waals surface area contributed by atoms with E-state index in [0.717, 1.165) is 143 Å². The molecule has 5 fully saturated rings. The molecule has 5 aromatic carbocycles. The highest BCUT2D eigenvalue weighted by atomic mass is 16.5. The number of benzene rings is 5.